The molecule has 0 aliphatic carbocycles. The Balaban J connectivity index is 3.33. The quantitative estimate of drug-likeness (QED) is 0.307. The van der Waals surface area contributed by atoms with Crippen LogP contribution in [0.25, 0.3) is 0 Å². The summed E-state index contributed by atoms with van der Waals surface area (Å²) in [5, 5.41) is 8.51. The molecule has 0 saturated heterocycles. The second-order valence-corrected chi connectivity index (χ2v) is 7.35. The molecule has 2 heteroatoms. The zero-order chi connectivity index (χ0) is 15.9. The minimum atomic E-state index is -0.133. The Hall–Kier alpha value is -0.0800. The molecule has 0 spiro atoms. The molecule has 0 bridgehead atoms. The van der Waals surface area contributed by atoms with Gasteiger partial charge in [0.2, 0.25) is 0 Å². The van der Waals surface area contributed by atoms with Crippen molar-refractivity contribution in [1.82, 2.24) is 0 Å². The van der Waals surface area contributed by atoms with Gasteiger partial charge in [0.05, 0.1) is 0 Å². The standard InChI is InChI=1S/C19H40O2/c1-17(2)10-8-12-19(4)14-9-13-18(3)11-6-5-7-15-21-16-20/h17-20H,5-16H2,1-4H3. The molecule has 0 rings (SSSR count). The summed E-state index contributed by atoms with van der Waals surface area (Å²) in [7, 11) is 0. The molecule has 0 aliphatic rings. The maximum atomic E-state index is 8.51. The molecule has 21 heavy (non-hydrogen) atoms. The number of unbranched alkanes of at least 4 members (excludes halogenated alkanes) is 2. The topological polar surface area (TPSA) is 29.5 Å². The van der Waals surface area contributed by atoms with Gasteiger partial charge in [-0.15, -0.1) is 0 Å². The molecule has 0 fully saturated rings. The first kappa shape index (κ1) is 20.9. The highest BCUT2D eigenvalue weighted by Gasteiger charge is 2.06. The van der Waals surface area contributed by atoms with Gasteiger partial charge < -0.3 is 9.84 Å². The fraction of sp³-hybridized carbons (Fsp3) is 1.00. The van der Waals surface area contributed by atoms with Gasteiger partial charge in [-0.2, -0.15) is 0 Å². The average Bonchev–Trinajstić information content (AvgIpc) is 2.42. The van der Waals surface area contributed by atoms with Crippen molar-refractivity contribution in [1.29, 1.82) is 0 Å². The highest BCUT2D eigenvalue weighted by atomic mass is 16.6. The molecule has 0 amide bonds. The molecule has 0 aromatic rings. The third-order valence-corrected chi connectivity index (χ3v) is 4.45. The first-order chi connectivity index (χ1) is 10.1. The highest BCUT2D eigenvalue weighted by Crippen LogP contribution is 2.21. The van der Waals surface area contributed by atoms with Crippen molar-refractivity contribution < 1.29 is 9.84 Å². The predicted octanol–water partition coefficient (Wildman–Crippen LogP) is 5.78. The van der Waals surface area contributed by atoms with Gasteiger partial charge in [0, 0.05) is 6.61 Å². The fourth-order valence-electron chi connectivity index (χ4n) is 2.92. The summed E-state index contributed by atoms with van der Waals surface area (Å²) in [5.74, 6) is 2.64. The maximum Gasteiger partial charge on any atom is 0.143 e. The number of rotatable bonds is 15. The molecule has 2 atom stereocenters. The van der Waals surface area contributed by atoms with E-state index in [9.17, 15) is 0 Å². The molecule has 0 heterocycles. The molecule has 0 saturated carbocycles. The largest absolute Gasteiger partial charge is 0.371 e. The Bertz CT molecular complexity index is 204. The smallest absolute Gasteiger partial charge is 0.143 e. The molecular weight excluding hydrogens is 260 g/mol. The fourth-order valence-corrected chi connectivity index (χ4v) is 2.92. The Morgan fingerprint density at radius 3 is 1.71 bits per heavy atom. The molecular formula is C19H40O2. The Morgan fingerprint density at radius 1 is 0.667 bits per heavy atom. The second kappa shape index (κ2) is 14.8. The van der Waals surface area contributed by atoms with E-state index < -0.39 is 0 Å². The van der Waals surface area contributed by atoms with Gasteiger partial charge in [-0.25, -0.2) is 0 Å². The molecule has 0 aromatic carbocycles. The molecule has 0 radical (unpaired) electrons. The zero-order valence-corrected chi connectivity index (χ0v) is 15.1. The second-order valence-electron chi connectivity index (χ2n) is 7.35. The molecule has 1 N–H and O–H groups in total. The summed E-state index contributed by atoms with van der Waals surface area (Å²) in [6.45, 7) is 10.0. The van der Waals surface area contributed by atoms with Crippen LogP contribution in [0.4, 0.5) is 0 Å². The van der Waals surface area contributed by atoms with E-state index in [-0.39, 0.29) is 6.79 Å². The van der Waals surface area contributed by atoms with Crippen LogP contribution in [0.15, 0.2) is 0 Å². The lowest BCUT2D eigenvalue weighted by atomic mass is 9.92. The predicted molar refractivity (Wildman–Crippen MR) is 92.4 cm³/mol. The van der Waals surface area contributed by atoms with E-state index in [4.69, 9.17) is 9.84 Å². The van der Waals surface area contributed by atoms with E-state index >= 15 is 0 Å². The van der Waals surface area contributed by atoms with E-state index in [1.165, 1.54) is 57.8 Å². The summed E-state index contributed by atoms with van der Waals surface area (Å²) in [6.07, 6.45) is 13.4. The third-order valence-electron chi connectivity index (χ3n) is 4.45. The van der Waals surface area contributed by atoms with Gasteiger partial charge >= 0.3 is 0 Å². The van der Waals surface area contributed by atoms with Gasteiger partial charge in [0.25, 0.3) is 0 Å². The van der Waals surface area contributed by atoms with Gasteiger partial charge in [-0.3, -0.25) is 0 Å². The molecule has 0 aliphatic heterocycles. The van der Waals surface area contributed by atoms with Crippen molar-refractivity contribution in [2.24, 2.45) is 17.8 Å². The number of hydrogen-bond acceptors (Lipinski definition) is 2. The number of ether oxygens (including phenoxy) is 1. The van der Waals surface area contributed by atoms with E-state index in [1.54, 1.807) is 0 Å². The zero-order valence-electron chi connectivity index (χ0n) is 15.1. The van der Waals surface area contributed by atoms with Crippen LogP contribution in [-0.4, -0.2) is 18.5 Å². The third kappa shape index (κ3) is 16.1. The highest BCUT2D eigenvalue weighted by molar-refractivity contribution is 4.59. The van der Waals surface area contributed by atoms with Crippen LogP contribution in [-0.2, 0) is 4.74 Å². The van der Waals surface area contributed by atoms with E-state index in [2.05, 4.69) is 27.7 Å². The van der Waals surface area contributed by atoms with Gasteiger partial charge in [0.15, 0.2) is 0 Å². The lowest BCUT2D eigenvalue weighted by Gasteiger charge is -2.15. The van der Waals surface area contributed by atoms with Crippen LogP contribution in [0.2, 0.25) is 0 Å². The van der Waals surface area contributed by atoms with Gasteiger partial charge in [-0.05, 0) is 24.2 Å². The van der Waals surface area contributed by atoms with E-state index in [0.717, 1.165) is 24.2 Å². The van der Waals surface area contributed by atoms with Crippen LogP contribution >= 0.6 is 0 Å². The summed E-state index contributed by atoms with van der Waals surface area (Å²) in [5.41, 5.74) is 0. The molecule has 2 unspecified atom stereocenters. The van der Waals surface area contributed by atoms with Crippen molar-refractivity contribution in [3.05, 3.63) is 0 Å². The van der Waals surface area contributed by atoms with Crippen molar-refractivity contribution in [2.75, 3.05) is 13.4 Å². The summed E-state index contributed by atoms with van der Waals surface area (Å²) < 4.78 is 4.93. The van der Waals surface area contributed by atoms with Crippen molar-refractivity contribution >= 4 is 0 Å². The van der Waals surface area contributed by atoms with Crippen LogP contribution in [0.1, 0.15) is 91.9 Å². The number of aliphatic hydroxyl groups is 1. The Morgan fingerprint density at radius 2 is 1.19 bits per heavy atom. The average molecular weight is 301 g/mol. The van der Waals surface area contributed by atoms with E-state index in [1.807, 2.05) is 0 Å². The first-order valence-electron chi connectivity index (χ1n) is 9.24. The van der Waals surface area contributed by atoms with Crippen molar-refractivity contribution in [3.8, 4) is 0 Å². The minimum absolute atomic E-state index is 0.133. The van der Waals surface area contributed by atoms with Crippen LogP contribution in [0.3, 0.4) is 0 Å². The molecule has 0 aromatic heterocycles. The summed E-state index contributed by atoms with van der Waals surface area (Å²) in [6, 6.07) is 0. The van der Waals surface area contributed by atoms with Crippen LogP contribution in [0, 0.1) is 17.8 Å². The summed E-state index contributed by atoms with van der Waals surface area (Å²) in [4.78, 5) is 0. The molecule has 2 nitrogen and oxygen atoms in total. The number of hydrogen-bond donors (Lipinski definition) is 1. The normalized spacial score (nSPS) is 14.6. The van der Waals surface area contributed by atoms with E-state index in [0.29, 0.717) is 6.61 Å². The Labute approximate surface area is 133 Å². The number of aliphatic hydroxyl groups excluding tert-OH is 1. The maximum absolute atomic E-state index is 8.51. The van der Waals surface area contributed by atoms with Crippen molar-refractivity contribution in [2.45, 2.75) is 91.9 Å². The van der Waals surface area contributed by atoms with Gasteiger partial charge in [0.1, 0.15) is 6.79 Å². The van der Waals surface area contributed by atoms with Crippen LogP contribution in [0.5, 0.6) is 0 Å². The molecule has 128 valence electrons. The monoisotopic (exact) mass is 300 g/mol. The first-order valence-corrected chi connectivity index (χ1v) is 9.24. The summed E-state index contributed by atoms with van der Waals surface area (Å²) >= 11 is 0. The van der Waals surface area contributed by atoms with Gasteiger partial charge in [-0.1, -0.05) is 85.5 Å². The van der Waals surface area contributed by atoms with Crippen LogP contribution < -0.4 is 0 Å². The van der Waals surface area contributed by atoms with Crippen molar-refractivity contribution in [3.63, 3.8) is 0 Å². The SMILES string of the molecule is CC(C)CCCC(C)CCCC(C)CCCCCOCO. The Kier molecular flexibility index (Phi) is 14.8. The minimum Gasteiger partial charge on any atom is -0.371 e. The lowest BCUT2D eigenvalue weighted by molar-refractivity contribution is -0.00290. The lowest BCUT2D eigenvalue weighted by Crippen LogP contribution is -2.00.